The number of benzene rings is 1. The highest BCUT2D eigenvalue weighted by molar-refractivity contribution is 7.89. The first-order valence-electron chi connectivity index (χ1n) is 9.60. The minimum absolute atomic E-state index is 0.00356. The van der Waals surface area contributed by atoms with Gasteiger partial charge in [0, 0.05) is 32.3 Å². The van der Waals surface area contributed by atoms with Crippen molar-refractivity contribution in [1.82, 2.24) is 14.6 Å². The second-order valence-electron chi connectivity index (χ2n) is 6.96. The van der Waals surface area contributed by atoms with Crippen molar-refractivity contribution in [3.8, 4) is 0 Å². The molecule has 0 unspecified atom stereocenters. The lowest BCUT2D eigenvalue weighted by Gasteiger charge is -2.31. The summed E-state index contributed by atoms with van der Waals surface area (Å²) in [5.41, 5.74) is 0. The Morgan fingerprint density at radius 1 is 1.17 bits per heavy atom. The molecule has 2 N–H and O–H groups in total. The number of nitrogens with one attached hydrogen (secondary N) is 2. The summed E-state index contributed by atoms with van der Waals surface area (Å²) in [4.78, 5) is 28.4. The number of halogens is 1. The second kappa shape index (κ2) is 9.77. The molecule has 1 saturated heterocycles. The minimum atomic E-state index is -3.80. The average molecular weight is 434 g/mol. The topological polar surface area (TPSA) is 108 Å². The molecule has 0 bridgehead atoms. The van der Waals surface area contributed by atoms with Crippen molar-refractivity contribution < 1.29 is 22.4 Å². The molecule has 0 spiro atoms. The molecule has 160 valence electrons. The van der Waals surface area contributed by atoms with Crippen LogP contribution in [0.4, 0.5) is 10.2 Å². The molecule has 1 fully saturated rings. The number of hydrogen-bond donors (Lipinski definition) is 2. The van der Waals surface area contributed by atoms with Crippen molar-refractivity contribution in [2.45, 2.75) is 24.2 Å². The molecule has 1 atom stereocenters. The summed E-state index contributed by atoms with van der Waals surface area (Å²) in [6, 6.07) is 9.77. The van der Waals surface area contributed by atoms with Crippen LogP contribution < -0.4 is 10.6 Å². The molecule has 2 amide bonds. The number of carbonyl (C=O) groups is 2. The fourth-order valence-electron chi connectivity index (χ4n) is 3.22. The van der Waals surface area contributed by atoms with Gasteiger partial charge in [-0.2, -0.15) is 4.31 Å². The highest BCUT2D eigenvalue weighted by atomic mass is 32.2. The van der Waals surface area contributed by atoms with Crippen LogP contribution in [0.3, 0.4) is 0 Å². The van der Waals surface area contributed by atoms with E-state index in [-0.39, 0.29) is 36.2 Å². The van der Waals surface area contributed by atoms with E-state index in [0.717, 1.165) is 12.1 Å². The van der Waals surface area contributed by atoms with Crippen LogP contribution in [0.1, 0.15) is 19.3 Å². The number of aromatic nitrogens is 1. The number of amides is 2. The maximum absolute atomic E-state index is 13.1. The fourth-order valence-corrected chi connectivity index (χ4v) is 4.74. The van der Waals surface area contributed by atoms with E-state index in [2.05, 4.69) is 15.6 Å². The standard InChI is InChI=1S/C20H23FN4O4S/c21-16-6-8-17(9-7-16)30(28,29)25-13-3-4-15(14-25)20(27)23-12-10-19(26)24-18-5-1-2-11-22-18/h1-2,5-9,11,15H,3-4,10,12-14H2,(H,23,27)(H,22,24,26)/t15-/m0/s1. The molecule has 3 rings (SSSR count). The Bertz CT molecular complexity index is 984. The third-order valence-corrected chi connectivity index (χ3v) is 6.67. The second-order valence-corrected chi connectivity index (χ2v) is 8.90. The van der Waals surface area contributed by atoms with E-state index in [1.54, 1.807) is 24.4 Å². The summed E-state index contributed by atoms with van der Waals surface area (Å²) in [6.07, 6.45) is 2.74. The Morgan fingerprint density at radius 2 is 1.93 bits per heavy atom. The van der Waals surface area contributed by atoms with Gasteiger partial charge in [-0.3, -0.25) is 9.59 Å². The highest BCUT2D eigenvalue weighted by Gasteiger charge is 2.33. The van der Waals surface area contributed by atoms with Gasteiger partial charge in [0.1, 0.15) is 11.6 Å². The van der Waals surface area contributed by atoms with Gasteiger partial charge in [-0.1, -0.05) is 6.07 Å². The molecule has 0 radical (unpaired) electrons. The minimum Gasteiger partial charge on any atom is -0.355 e. The van der Waals surface area contributed by atoms with E-state index in [4.69, 9.17) is 0 Å². The zero-order valence-electron chi connectivity index (χ0n) is 16.3. The summed E-state index contributed by atoms with van der Waals surface area (Å²) in [5, 5.41) is 5.33. The number of hydrogen-bond acceptors (Lipinski definition) is 5. The Morgan fingerprint density at radius 3 is 2.63 bits per heavy atom. The van der Waals surface area contributed by atoms with Gasteiger partial charge in [0.2, 0.25) is 21.8 Å². The van der Waals surface area contributed by atoms with Crippen LogP contribution >= 0.6 is 0 Å². The molecule has 30 heavy (non-hydrogen) atoms. The number of nitrogens with zero attached hydrogens (tertiary/aromatic N) is 2. The van der Waals surface area contributed by atoms with Crippen molar-refractivity contribution in [3.05, 3.63) is 54.5 Å². The monoisotopic (exact) mass is 434 g/mol. The van der Waals surface area contributed by atoms with E-state index >= 15 is 0 Å². The number of rotatable bonds is 7. The average Bonchev–Trinajstić information content (AvgIpc) is 2.75. The lowest BCUT2D eigenvalue weighted by molar-refractivity contribution is -0.126. The van der Waals surface area contributed by atoms with Crippen LogP contribution in [-0.4, -0.2) is 49.2 Å². The van der Waals surface area contributed by atoms with Crippen LogP contribution in [0, 0.1) is 11.7 Å². The van der Waals surface area contributed by atoms with Crippen LogP contribution in [0.5, 0.6) is 0 Å². The zero-order valence-corrected chi connectivity index (χ0v) is 17.1. The van der Waals surface area contributed by atoms with E-state index < -0.39 is 21.8 Å². The number of piperidine rings is 1. The lowest BCUT2D eigenvalue weighted by Crippen LogP contribution is -2.45. The molecule has 2 aromatic rings. The lowest BCUT2D eigenvalue weighted by atomic mass is 9.99. The molecule has 1 aromatic carbocycles. The SMILES string of the molecule is O=C(CCNC(=O)[C@H]1CCCN(S(=O)(=O)c2ccc(F)cc2)C1)Nc1ccccn1. The summed E-state index contributed by atoms with van der Waals surface area (Å²) in [7, 11) is -3.80. The molecule has 0 aliphatic carbocycles. The van der Waals surface area contributed by atoms with E-state index in [1.165, 1.54) is 16.4 Å². The number of carbonyl (C=O) groups excluding carboxylic acids is 2. The maximum atomic E-state index is 13.1. The van der Waals surface area contributed by atoms with Crippen molar-refractivity contribution >= 4 is 27.7 Å². The Kier molecular flexibility index (Phi) is 7.11. The molecule has 0 saturated carbocycles. The molecule has 10 heteroatoms. The number of anilines is 1. The van der Waals surface area contributed by atoms with Gasteiger partial charge in [-0.05, 0) is 49.2 Å². The predicted molar refractivity (Wildman–Crippen MR) is 108 cm³/mol. The summed E-state index contributed by atoms with van der Waals surface area (Å²) in [6.45, 7) is 0.486. The van der Waals surface area contributed by atoms with Crippen molar-refractivity contribution in [2.75, 3.05) is 25.0 Å². The van der Waals surface area contributed by atoms with Crippen LogP contribution in [0.15, 0.2) is 53.6 Å². The zero-order chi connectivity index (χ0) is 21.6. The third kappa shape index (κ3) is 5.61. The molecular formula is C20H23FN4O4S. The molecular weight excluding hydrogens is 411 g/mol. The predicted octanol–water partition coefficient (Wildman–Crippen LogP) is 1.77. The summed E-state index contributed by atoms with van der Waals surface area (Å²) >= 11 is 0. The van der Waals surface area contributed by atoms with Gasteiger partial charge in [-0.25, -0.2) is 17.8 Å². The van der Waals surface area contributed by atoms with Crippen molar-refractivity contribution in [2.24, 2.45) is 5.92 Å². The van der Waals surface area contributed by atoms with Crippen molar-refractivity contribution in [3.63, 3.8) is 0 Å². The van der Waals surface area contributed by atoms with Gasteiger partial charge < -0.3 is 10.6 Å². The number of sulfonamides is 1. The number of pyridine rings is 1. The first-order valence-corrected chi connectivity index (χ1v) is 11.0. The van der Waals surface area contributed by atoms with Gasteiger partial charge in [0.15, 0.2) is 0 Å². The fraction of sp³-hybridized carbons (Fsp3) is 0.350. The Hall–Kier alpha value is -2.85. The van der Waals surface area contributed by atoms with Gasteiger partial charge >= 0.3 is 0 Å². The van der Waals surface area contributed by atoms with Gasteiger partial charge in [0.25, 0.3) is 0 Å². The Labute approximate surface area is 174 Å². The maximum Gasteiger partial charge on any atom is 0.243 e. The molecule has 1 aliphatic rings. The summed E-state index contributed by atoms with van der Waals surface area (Å²) in [5.74, 6) is -1.16. The quantitative estimate of drug-likeness (QED) is 0.690. The molecule has 1 aliphatic heterocycles. The Balaban J connectivity index is 1.50. The van der Waals surface area contributed by atoms with Crippen molar-refractivity contribution in [1.29, 1.82) is 0 Å². The van der Waals surface area contributed by atoms with E-state index in [9.17, 15) is 22.4 Å². The van der Waals surface area contributed by atoms with E-state index in [0.29, 0.717) is 25.2 Å². The van der Waals surface area contributed by atoms with Gasteiger partial charge in [0.05, 0.1) is 10.8 Å². The molecule has 8 nitrogen and oxygen atoms in total. The van der Waals surface area contributed by atoms with Gasteiger partial charge in [-0.15, -0.1) is 0 Å². The smallest absolute Gasteiger partial charge is 0.243 e. The highest BCUT2D eigenvalue weighted by Crippen LogP contribution is 2.24. The summed E-state index contributed by atoms with van der Waals surface area (Å²) < 4.78 is 39.9. The molecule has 2 heterocycles. The van der Waals surface area contributed by atoms with E-state index in [1.807, 2.05) is 0 Å². The first-order chi connectivity index (χ1) is 14.4. The van der Waals surface area contributed by atoms with Crippen LogP contribution in [0.25, 0.3) is 0 Å². The first kappa shape index (κ1) is 21.8. The molecule has 1 aromatic heterocycles. The normalized spacial score (nSPS) is 17.3. The largest absolute Gasteiger partial charge is 0.355 e. The third-order valence-electron chi connectivity index (χ3n) is 4.79. The van der Waals surface area contributed by atoms with Crippen LogP contribution in [-0.2, 0) is 19.6 Å². The van der Waals surface area contributed by atoms with Crippen LogP contribution in [0.2, 0.25) is 0 Å².